The van der Waals surface area contributed by atoms with E-state index in [1.807, 2.05) is 24.3 Å². The second-order valence-electron chi connectivity index (χ2n) is 5.18. The summed E-state index contributed by atoms with van der Waals surface area (Å²) in [5.41, 5.74) is 3.30. The van der Waals surface area contributed by atoms with Crippen LogP contribution in [0.4, 0.5) is 0 Å². The summed E-state index contributed by atoms with van der Waals surface area (Å²) in [6.07, 6.45) is 4.03. The fourth-order valence-corrected chi connectivity index (χ4v) is 2.66. The minimum Gasteiger partial charge on any atom is -0.489 e. The van der Waals surface area contributed by atoms with Gasteiger partial charge in [0.15, 0.2) is 0 Å². The molecule has 1 aromatic heterocycles. The van der Waals surface area contributed by atoms with E-state index in [4.69, 9.17) is 10.00 Å². The van der Waals surface area contributed by atoms with Crippen LogP contribution in [0.25, 0.3) is 0 Å². The first-order chi connectivity index (χ1) is 10.3. The van der Waals surface area contributed by atoms with Crippen molar-refractivity contribution in [2.75, 3.05) is 0 Å². The predicted molar refractivity (Wildman–Crippen MR) is 77.6 cm³/mol. The Hall–Kier alpha value is -2.38. The van der Waals surface area contributed by atoms with Crippen molar-refractivity contribution in [2.24, 2.45) is 0 Å². The summed E-state index contributed by atoms with van der Waals surface area (Å²) < 4.78 is 5.75. The van der Waals surface area contributed by atoms with Gasteiger partial charge >= 0.3 is 0 Å². The molecule has 21 heavy (non-hydrogen) atoms. The van der Waals surface area contributed by atoms with Crippen LogP contribution in [0, 0.1) is 11.3 Å². The number of nitrogens with zero attached hydrogens (tertiary/aromatic N) is 2. The van der Waals surface area contributed by atoms with Gasteiger partial charge < -0.3 is 9.84 Å². The summed E-state index contributed by atoms with van der Waals surface area (Å²) in [6, 6.07) is 11.5. The van der Waals surface area contributed by atoms with E-state index in [9.17, 15) is 5.11 Å². The number of ether oxygens (including phenoxy) is 1. The van der Waals surface area contributed by atoms with Crippen LogP contribution in [0.3, 0.4) is 0 Å². The number of hydrogen-bond donors (Lipinski definition) is 1. The quantitative estimate of drug-likeness (QED) is 0.938. The van der Waals surface area contributed by atoms with Gasteiger partial charge in [0.05, 0.1) is 6.10 Å². The lowest BCUT2D eigenvalue weighted by Crippen LogP contribution is -2.09. The van der Waals surface area contributed by atoms with Crippen molar-refractivity contribution in [2.45, 2.75) is 32.0 Å². The highest BCUT2D eigenvalue weighted by Gasteiger charge is 2.18. The molecule has 0 saturated heterocycles. The number of pyridine rings is 1. The molecule has 0 fully saturated rings. The minimum atomic E-state index is -0.398. The van der Waals surface area contributed by atoms with Gasteiger partial charge in [-0.15, -0.1) is 0 Å². The maximum absolute atomic E-state index is 10.0. The number of aryl methyl sites for hydroxylation is 1. The Bertz CT molecular complexity index is 691. The third-order valence-electron chi connectivity index (χ3n) is 3.79. The molecule has 0 unspecified atom stereocenters. The summed E-state index contributed by atoms with van der Waals surface area (Å²) in [4.78, 5) is 4.01. The van der Waals surface area contributed by atoms with E-state index in [2.05, 4.69) is 11.1 Å². The van der Waals surface area contributed by atoms with Crippen molar-refractivity contribution >= 4 is 0 Å². The fraction of sp³-hybridized carbons (Fsp3) is 0.294. The van der Waals surface area contributed by atoms with Crippen molar-refractivity contribution in [1.82, 2.24) is 4.98 Å². The zero-order chi connectivity index (χ0) is 14.7. The van der Waals surface area contributed by atoms with Gasteiger partial charge in [0.2, 0.25) is 0 Å². The molecule has 106 valence electrons. The van der Waals surface area contributed by atoms with Crippen LogP contribution in [-0.4, -0.2) is 10.1 Å². The molecule has 1 aliphatic carbocycles. The zero-order valence-corrected chi connectivity index (χ0v) is 11.6. The molecular formula is C17H16N2O2. The van der Waals surface area contributed by atoms with Crippen LogP contribution in [0.2, 0.25) is 0 Å². The summed E-state index contributed by atoms with van der Waals surface area (Å²) in [6.45, 7) is 0.297. The normalized spacial score (nSPS) is 16.9. The van der Waals surface area contributed by atoms with Gasteiger partial charge in [-0.05, 0) is 48.6 Å². The zero-order valence-electron chi connectivity index (χ0n) is 11.6. The van der Waals surface area contributed by atoms with E-state index in [-0.39, 0.29) is 0 Å². The number of nitriles is 1. The van der Waals surface area contributed by atoms with Gasteiger partial charge in [-0.25, -0.2) is 4.98 Å². The van der Waals surface area contributed by atoms with Crippen molar-refractivity contribution in [1.29, 1.82) is 5.26 Å². The molecule has 1 heterocycles. The van der Waals surface area contributed by atoms with E-state index >= 15 is 0 Å². The van der Waals surface area contributed by atoms with Crippen LogP contribution in [-0.2, 0) is 13.0 Å². The Labute approximate surface area is 123 Å². The molecule has 1 aliphatic rings. The molecule has 1 atom stereocenters. The highest BCUT2D eigenvalue weighted by atomic mass is 16.5. The number of aliphatic hydroxyl groups excluding tert-OH is 1. The summed E-state index contributed by atoms with van der Waals surface area (Å²) in [5.74, 6) is 0.711. The van der Waals surface area contributed by atoms with Crippen LogP contribution in [0.1, 0.15) is 41.3 Å². The van der Waals surface area contributed by atoms with Crippen LogP contribution >= 0.6 is 0 Å². The van der Waals surface area contributed by atoms with E-state index in [0.29, 0.717) is 18.1 Å². The lowest BCUT2D eigenvalue weighted by molar-refractivity contribution is 0.156. The molecule has 2 aromatic rings. The molecule has 0 saturated carbocycles. The average molecular weight is 280 g/mol. The molecule has 4 nitrogen and oxygen atoms in total. The first-order valence-corrected chi connectivity index (χ1v) is 7.05. The van der Waals surface area contributed by atoms with E-state index in [1.165, 1.54) is 5.56 Å². The highest BCUT2D eigenvalue weighted by molar-refractivity contribution is 5.39. The number of rotatable bonds is 3. The SMILES string of the molecule is N#Cc1ncccc1COc1ccc2c(c1)[C@@H](O)CCC2. The van der Waals surface area contributed by atoms with Gasteiger partial charge in [0.25, 0.3) is 0 Å². The summed E-state index contributed by atoms with van der Waals surface area (Å²) >= 11 is 0. The lowest BCUT2D eigenvalue weighted by atomic mass is 9.89. The second kappa shape index (κ2) is 5.94. The number of benzene rings is 1. The van der Waals surface area contributed by atoms with Gasteiger partial charge in [-0.3, -0.25) is 0 Å². The molecule has 0 spiro atoms. The molecular weight excluding hydrogens is 264 g/mol. The molecule has 0 aliphatic heterocycles. The van der Waals surface area contributed by atoms with Crippen molar-refractivity contribution in [3.8, 4) is 11.8 Å². The highest BCUT2D eigenvalue weighted by Crippen LogP contribution is 2.32. The number of aliphatic hydroxyl groups is 1. The first kappa shape index (κ1) is 13.6. The van der Waals surface area contributed by atoms with Gasteiger partial charge in [-0.1, -0.05) is 12.1 Å². The predicted octanol–water partition coefficient (Wildman–Crippen LogP) is 2.90. The van der Waals surface area contributed by atoms with Crippen molar-refractivity contribution in [3.63, 3.8) is 0 Å². The fourth-order valence-electron chi connectivity index (χ4n) is 2.66. The average Bonchev–Trinajstić information content (AvgIpc) is 2.54. The number of aromatic nitrogens is 1. The summed E-state index contributed by atoms with van der Waals surface area (Å²) in [7, 11) is 0. The lowest BCUT2D eigenvalue weighted by Gasteiger charge is -2.22. The number of hydrogen-bond acceptors (Lipinski definition) is 4. The Morgan fingerprint density at radius 2 is 2.29 bits per heavy atom. The topological polar surface area (TPSA) is 66.1 Å². The summed E-state index contributed by atoms with van der Waals surface area (Å²) in [5, 5.41) is 19.1. The van der Waals surface area contributed by atoms with Crippen LogP contribution in [0.5, 0.6) is 5.75 Å². The molecule has 0 radical (unpaired) electrons. The molecule has 3 rings (SSSR count). The van der Waals surface area contributed by atoms with E-state index in [0.717, 1.165) is 30.4 Å². The first-order valence-electron chi connectivity index (χ1n) is 7.05. The number of fused-ring (bicyclic) bond motifs is 1. The molecule has 1 aromatic carbocycles. The van der Waals surface area contributed by atoms with Gasteiger partial charge in [0, 0.05) is 11.8 Å². The standard InChI is InChI=1S/C17H16N2O2/c18-10-16-13(4-2-8-19-16)11-21-14-7-6-12-3-1-5-17(20)15(12)9-14/h2,4,6-9,17,20H,1,3,5,11H2/t17-/m0/s1. The Morgan fingerprint density at radius 1 is 1.38 bits per heavy atom. The Balaban J connectivity index is 1.77. The van der Waals surface area contributed by atoms with Gasteiger partial charge in [-0.2, -0.15) is 5.26 Å². The maximum Gasteiger partial charge on any atom is 0.147 e. The smallest absolute Gasteiger partial charge is 0.147 e. The van der Waals surface area contributed by atoms with Crippen LogP contribution < -0.4 is 4.74 Å². The third-order valence-corrected chi connectivity index (χ3v) is 3.79. The molecule has 0 bridgehead atoms. The van der Waals surface area contributed by atoms with Crippen molar-refractivity contribution < 1.29 is 9.84 Å². The Morgan fingerprint density at radius 3 is 3.14 bits per heavy atom. The Kier molecular flexibility index (Phi) is 3.85. The molecule has 1 N–H and O–H groups in total. The van der Waals surface area contributed by atoms with Crippen molar-refractivity contribution in [3.05, 3.63) is 58.9 Å². The molecule has 4 heteroatoms. The largest absolute Gasteiger partial charge is 0.489 e. The third kappa shape index (κ3) is 2.88. The van der Waals surface area contributed by atoms with E-state index in [1.54, 1.807) is 12.3 Å². The van der Waals surface area contributed by atoms with Crippen LogP contribution in [0.15, 0.2) is 36.5 Å². The second-order valence-corrected chi connectivity index (χ2v) is 5.18. The minimum absolute atomic E-state index is 0.297. The molecule has 0 amide bonds. The maximum atomic E-state index is 10.0. The monoisotopic (exact) mass is 280 g/mol. The van der Waals surface area contributed by atoms with E-state index < -0.39 is 6.10 Å². The van der Waals surface area contributed by atoms with Gasteiger partial charge in [0.1, 0.15) is 24.1 Å².